The fourth-order valence-electron chi connectivity index (χ4n) is 2.10. The Labute approximate surface area is 85.4 Å². The van der Waals surface area contributed by atoms with Crippen LogP contribution in [0, 0.1) is 5.92 Å². The molecular weight excluding hydrogens is 178 g/mol. The van der Waals surface area contributed by atoms with E-state index in [1.165, 1.54) is 32.8 Å². The van der Waals surface area contributed by atoms with Gasteiger partial charge in [-0.05, 0) is 31.7 Å². The number of hydrogen-bond acceptors (Lipinski definition) is 3. The van der Waals surface area contributed by atoms with Gasteiger partial charge in [0.1, 0.15) is 6.04 Å². The number of esters is 1. The van der Waals surface area contributed by atoms with Crippen molar-refractivity contribution in [3.05, 3.63) is 0 Å². The second-order valence-corrected chi connectivity index (χ2v) is 4.45. The predicted molar refractivity (Wildman–Crippen MR) is 54.0 cm³/mol. The molecule has 1 heterocycles. The lowest BCUT2D eigenvalue weighted by molar-refractivity contribution is -0.151. The van der Waals surface area contributed by atoms with Crippen molar-refractivity contribution in [3.63, 3.8) is 0 Å². The molecule has 1 unspecified atom stereocenters. The van der Waals surface area contributed by atoms with E-state index in [0.717, 1.165) is 25.4 Å². The first-order chi connectivity index (χ1) is 6.81. The highest BCUT2D eigenvalue weighted by Crippen LogP contribution is 2.33. The van der Waals surface area contributed by atoms with Crippen LogP contribution in [0.2, 0.25) is 0 Å². The summed E-state index contributed by atoms with van der Waals surface area (Å²) in [7, 11) is 1.48. The third kappa shape index (κ3) is 2.27. The number of rotatable bonds is 5. The molecule has 1 aliphatic heterocycles. The number of carbonyl (C=O) groups is 1. The number of carbonyl (C=O) groups excluding carboxylic acids is 1. The van der Waals surface area contributed by atoms with Gasteiger partial charge < -0.3 is 4.74 Å². The first kappa shape index (κ1) is 9.97. The highest BCUT2D eigenvalue weighted by molar-refractivity contribution is 5.76. The zero-order valence-corrected chi connectivity index (χ0v) is 8.87. The standard InChI is InChI=1S/C11H19NO2/c1-14-11(13)10-6-8-12(10)7-2-3-9-4-5-9/h9-10H,2-8H2,1H3. The molecule has 0 N–H and O–H groups in total. The third-order valence-corrected chi connectivity index (χ3v) is 3.36. The maximum atomic E-state index is 11.2. The van der Waals surface area contributed by atoms with Gasteiger partial charge in [-0.25, -0.2) is 0 Å². The Bertz CT molecular complexity index is 213. The topological polar surface area (TPSA) is 29.5 Å². The minimum atomic E-state index is -0.0531. The summed E-state index contributed by atoms with van der Waals surface area (Å²) in [5, 5.41) is 0. The van der Waals surface area contributed by atoms with Crippen molar-refractivity contribution in [2.24, 2.45) is 5.92 Å². The van der Waals surface area contributed by atoms with Gasteiger partial charge in [0, 0.05) is 6.54 Å². The Balaban J connectivity index is 1.62. The maximum absolute atomic E-state index is 11.2. The Kier molecular flexibility index (Phi) is 3.06. The third-order valence-electron chi connectivity index (χ3n) is 3.36. The molecule has 2 fully saturated rings. The van der Waals surface area contributed by atoms with Crippen LogP contribution < -0.4 is 0 Å². The molecule has 1 atom stereocenters. The smallest absolute Gasteiger partial charge is 0.323 e. The van der Waals surface area contributed by atoms with Gasteiger partial charge in [0.2, 0.25) is 0 Å². The molecule has 14 heavy (non-hydrogen) atoms. The minimum Gasteiger partial charge on any atom is -0.468 e. The van der Waals surface area contributed by atoms with Gasteiger partial charge in [0.05, 0.1) is 7.11 Å². The highest BCUT2D eigenvalue weighted by Gasteiger charge is 2.34. The number of nitrogens with zero attached hydrogens (tertiary/aromatic N) is 1. The van der Waals surface area contributed by atoms with Crippen LogP contribution in [0.15, 0.2) is 0 Å². The number of likely N-dealkylation sites (tertiary alicyclic amines) is 1. The first-order valence-electron chi connectivity index (χ1n) is 5.63. The summed E-state index contributed by atoms with van der Waals surface area (Å²) in [6.45, 7) is 2.15. The molecule has 0 amide bonds. The monoisotopic (exact) mass is 197 g/mol. The number of ether oxygens (including phenoxy) is 1. The Morgan fingerprint density at radius 1 is 1.43 bits per heavy atom. The van der Waals surface area contributed by atoms with Crippen molar-refractivity contribution >= 4 is 5.97 Å². The van der Waals surface area contributed by atoms with Gasteiger partial charge in [0.15, 0.2) is 0 Å². The first-order valence-corrected chi connectivity index (χ1v) is 5.63. The fourth-order valence-corrected chi connectivity index (χ4v) is 2.10. The van der Waals surface area contributed by atoms with Crippen LogP contribution >= 0.6 is 0 Å². The molecule has 0 aromatic rings. The Morgan fingerprint density at radius 3 is 2.71 bits per heavy atom. The molecule has 1 aliphatic carbocycles. The average molecular weight is 197 g/mol. The SMILES string of the molecule is COC(=O)C1CCN1CCCC1CC1. The van der Waals surface area contributed by atoms with Crippen molar-refractivity contribution in [1.82, 2.24) is 4.90 Å². The van der Waals surface area contributed by atoms with Crippen molar-refractivity contribution in [1.29, 1.82) is 0 Å². The van der Waals surface area contributed by atoms with Crippen LogP contribution in [0.3, 0.4) is 0 Å². The van der Waals surface area contributed by atoms with E-state index in [-0.39, 0.29) is 12.0 Å². The zero-order valence-electron chi connectivity index (χ0n) is 8.87. The summed E-state index contributed by atoms with van der Waals surface area (Å²) in [6, 6.07) is 0.0687. The van der Waals surface area contributed by atoms with E-state index in [9.17, 15) is 4.79 Å². The minimum absolute atomic E-state index is 0.0531. The van der Waals surface area contributed by atoms with Gasteiger partial charge >= 0.3 is 5.97 Å². The van der Waals surface area contributed by atoms with Crippen LogP contribution in [0.4, 0.5) is 0 Å². The molecule has 0 radical (unpaired) electrons. The molecule has 1 saturated heterocycles. The lowest BCUT2D eigenvalue weighted by atomic mass is 10.0. The van der Waals surface area contributed by atoms with Gasteiger partial charge in [0.25, 0.3) is 0 Å². The van der Waals surface area contributed by atoms with Gasteiger partial charge in [-0.15, -0.1) is 0 Å². The number of methoxy groups -OCH3 is 1. The normalized spacial score (nSPS) is 27.1. The van der Waals surface area contributed by atoms with E-state index in [0.29, 0.717) is 0 Å². The van der Waals surface area contributed by atoms with Crippen LogP contribution in [0.1, 0.15) is 32.1 Å². The fraction of sp³-hybridized carbons (Fsp3) is 0.909. The molecule has 1 saturated carbocycles. The maximum Gasteiger partial charge on any atom is 0.323 e. The second-order valence-electron chi connectivity index (χ2n) is 4.45. The lowest BCUT2D eigenvalue weighted by Gasteiger charge is -2.38. The van der Waals surface area contributed by atoms with E-state index in [1.54, 1.807) is 0 Å². The van der Waals surface area contributed by atoms with E-state index < -0.39 is 0 Å². The Morgan fingerprint density at radius 2 is 2.21 bits per heavy atom. The van der Waals surface area contributed by atoms with E-state index >= 15 is 0 Å². The van der Waals surface area contributed by atoms with E-state index in [2.05, 4.69) is 4.90 Å². The molecule has 3 nitrogen and oxygen atoms in total. The van der Waals surface area contributed by atoms with Gasteiger partial charge in [-0.2, -0.15) is 0 Å². The summed E-state index contributed by atoms with van der Waals surface area (Å²) in [5.41, 5.74) is 0. The largest absolute Gasteiger partial charge is 0.468 e. The average Bonchev–Trinajstić information content (AvgIpc) is 2.93. The summed E-state index contributed by atoms with van der Waals surface area (Å²) in [4.78, 5) is 13.5. The summed E-state index contributed by atoms with van der Waals surface area (Å²) in [5.74, 6) is 0.954. The molecule has 0 spiro atoms. The molecule has 3 heteroatoms. The summed E-state index contributed by atoms with van der Waals surface area (Å²) < 4.78 is 4.74. The molecule has 2 rings (SSSR count). The second kappa shape index (κ2) is 4.30. The van der Waals surface area contributed by atoms with Gasteiger partial charge in [-0.1, -0.05) is 12.8 Å². The lowest BCUT2D eigenvalue weighted by Crippen LogP contribution is -2.52. The molecular formula is C11H19NO2. The molecule has 0 aromatic carbocycles. The summed E-state index contributed by atoms with van der Waals surface area (Å²) in [6.07, 6.45) is 6.44. The molecule has 0 bridgehead atoms. The van der Waals surface area contributed by atoms with Crippen molar-refractivity contribution in [2.45, 2.75) is 38.1 Å². The van der Waals surface area contributed by atoms with Crippen molar-refractivity contribution in [3.8, 4) is 0 Å². The van der Waals surface area contributed by atoms with Crippen molar-refractivity contribution in [2.75, 3.05) is 20.2 Å². The summed E-state index contributed by atoms with van der Waals surface area (Å²) >= 11 is 0. The van der Waals surface area contributed by atoms with E-state index in [1.807, 2.05) is 0 Å². The zero-order chi connectivity index (χ0) is 9.97. The van der Waals surface area contributed by atoms with Crippen LogP contribution in [-0.4, -0.2) is 37.1 Å². The van der Waals surface area contributed by atoms with Crippen LogP contribution in [0.25, 0.3) is 0 Å². The van der Waals surface area contributed by atoms with Gasteiger partial charge in [-0.3, -0.25) is 9.69 Å². The van der Waals surface area contributed by atoms with Crippen molar-refractivity contribution < 1.29 is 9.53 Å². The highest BCUT2D eigenvalue weighted by atomic mass is 16.5. The molecule has 2 aliphatic rings. The van der Waals surface area contributed by atoms with Crippen LogP contribution in [-0.2, 0) is 9.53 Å². The predicted octanol–water partition coefficient (Wildman–Crippen LogP) is 1.42. The molecule has 0 aromatic heterocycles. The Hall–Kier alpha value is -0.570. The number of hydrogen-bond donors (Lipinski definition) is 0. The van der Waals surface area contributed by atoms with Crippen LogP contribution in [0.5, 0.6) is 0 Å². The quantitative estimate of drug-likeness (QED) is 0.624. The van der Waals surface area contributed by atoms with E-state index in [4.69, 9.17) is 4.74 Å². The molecule has 80 valence electrons.